The van der Waals surface area contributed by atoms with E-state index in [1.807, 2.05) is 25.1 Å². The van der Waals surface area contributed by atoms with Crippen molar-refractivity contribution in [2.75, 3.05) is 7.11 Å². The highest BCUT2D eigenvalue weighted by Gasteiger charge is 2.28. The number of amides is 1. The fourth-order valence-electron chi connectivity index (χ4n) is 2.47. The predicted molar refractivity (Wildman–Crippen MR) is 74.3 cm³/mol. The Morgan fingerprint density at radius 1 is 1.44 bits per heavy atom. The van der Waals surface area contributed by atoms with Crippen LogP contribution in [0.2, 0.25) is 0 Å². The number of carbonyl (C=O) groups is 1. The molecule has 1 N–H and O–H groups in total. The van der Waals surface area contributed by atoms with Gasteiger partial charge in [-0.15, -0.1) is 12.6 Å². The van der Waals surface area contributed by atoms with Crippen LogP contribution in [0.4, 0.5) is 0 Å². The number of thiol groups is 1. The Bertz CT molecular complexity index is 447. The van der Waals surface area contributed by atoms with Gasteiger partial charge in [0.25, 0.3) is 5.91 Å². The maximum atomic E-state index is 12.2. The van der Waals surface area contributed by atoms with Crippen LogP contribution < -0.4 is 5.32 Å². The van der Waals surface area contributed by atoms with E-state index in [1.165, 1.54) is 0 Å². The molecule has 1 aromatic carbocycles. The SMILES string of the molecule is COC1CCCC1NC(=O)c1cc(S)ccc1C. The Labute approximate surface area is 113 Å². The summed E-state index contributed by atoms with van der Waals surface area (Å²) >= 11 is 4.28. The first-order chi connectivity index (χ1) is 8.61. The third-order valence-corrected chi connectivity index (χ3v) is 3.82. The van der Waals surface area contributed by atoms with E-state index in [1.54, 1.807) is 7.11 Å². The number of hydrogen-bond acceptors (Lipinski definition) is 3. The number of methoxy groups -OCH3 is 1. The molecule has 3 nitrogen and oxygen atoms in total. The van der Waals surface area contributed by atoms with Gasteiger partial charge in [0.05, 0.1) is 12.1 Å². The maximum Gasteiger partial charge on any atom is 0.251 e. The molecule has 1 aromatic rings. The molecule has 1 saturated carbocycles. The van der Waals surface area contributed by atoms with Crippen molar-refractivity contribution in [2.45, 2.75) is 43.2 Å². The number of carbonyl (C=O) groups excluding carboxylic acids is 1. The van der Waals surface area contributed by atoms with E-state index in [4.69, 9.17) is 4.74 Å². The van der Waals surface area contributed by atoms with Crippen LogP contribution in [0.15, 0.2) is 23.1 Å². The van der Waals surface area contributed by atoms with Crippen molar-refractivity contribution < 1.29 is 9.53 Å². The Kier molecular flexibility index (Phi) is 4.30. The summed E-state index contributed by atoms with van der Waals surface area (Å²) in [5.74, 6) is -0.0302. The Morgan fingerprint density at radius 2 is 2.22 bits per heavy atom. The van der Waals surface area contributed by atoms with Gasteiger partial charge in [-0.3, -0.25) is 4.79 Å². The number of benzene rings is 1. The van der Waals surface area contributed by atoms with E-state index >= 15 is 0 Å². The third-order valence-electron chi connectivity index (χ3n) is 3.54. The molecule has 1 amide bonds. The summed E-state index contributed by atoms with van der Waals surface area (Å²) in [5.41, 5.74) is 1.67. The van der Waals surface area contributed by atoms with Gasteiger partial charge in [0.15, 0.2) is 0 Å². The molecule has 2 unspecified atom stereocenters. The highest BCUT2D eigenvalue weighted by Crippen LogP contribution is 2.22. The van der Waals surface area contributed by atoms with Crippen molar-refractivity contribution in [3.8, 4) is 0 Å². The van der Waals surface area contributed by atoms with Crippen LogP contribution in [0.5, 0.6) is 0 Å². The third kappa shape index (κ3) is 2.87. The summed E-state index contributed by atoms with van der Waals surface area (Å²) in [5, 5.41) is 3.07. The van der Waals surface area contributed by atoms with E-state index in [9.17, 15) is 4.79 Å². The quantitative estimate of drug-likeness (QED) is 0.824. The highest BCUT2D eigenvalue weighted by molar-refractivity contribution is 7.80. The average Bonchev–Trinajstić information content (AvgIpc) is 2.79. The summed E-state index contributed by atoms with van der Waals surface area (Å²) in [6.07, 6.45) is 3.26. The fourth-order valence-corrected chi connectivity index (χ4v) is 2.68. The maximum absolute atomic E-state index is 12.2. The molecule has 1 fully saturated rings. The molecule has 2 rings (SSSR count). The first kappa shape index (κ1) is 13.4. The lowest BCUT2D eigenvalue weighted by Gasteiger charge is -2.20. The molecule has 0 radical (unpaired) electrons. The molecule has 4 heteroatoms. The molecule has 2 atom stereocenters. The van der Waals surface area contributed by atoms with Gasteiger partial charge in [0.2, 0.25) is 0 Å². The molecular formula is C14H19NO2S. The van der Waals surface area contributed by atoms with Crippen molar-refractivity contribution in [3.05, 3.63) is 29.3 Å². The van der Waals surface area contributed by atoms with E-state index < -0.39 is 0 Å². The van der Waals surface area contributed by atoms with Crippen LogP contribution in [-0.2, 0) is 4.74 Å². The summed E-state index contributed by atoms with van der Waals surface area (Å²) in [6.45, 7) is 1.94. The number of hydrogen-bond donors (Lipinski definition) is 2. The summed E-state index contributed by atoms with van der Waals surface area (Å²) in [7, 11) is 1.70. The van der Waals surface area contributed by atoms with Crippen molar-refractivity contribution in [1.29, 1.82) is 0 Å². The normalized spacial score (nSPS) is 23.1. The molecule has 0 aliphatic heterocycles. The van der Waals surface area contributed by atoms with Crippen LogP contribution >= 0.6 is 12.6 Å². The van der Waals surface area contributed by atoms with Gasteiger partial charge < -0.3 is 10.1 Å². The van der Waals surface area contributed by atoms with Crippen LogP contribution in [0.3, 0.4) is 0 Å². The van der Waals surface area contributed by atoms with Crippen LogP contribution in [-0.4, -0.2) is 25.2 Å². The zero-order chi connectivity index (χ0) is 13.1. The zero-order valence-corrected chi connectivity index (χ0v) is 11.7. The van der Waals surface area contributed by atoms with Gasteiger partial charge in [0, 0.05) is 17.6 Å². The molecule has 0 spiro atoms. The molecule has 0 bridgehead atoms. The minimum absolute atomic E-state index is 0.0302. The summed E-state index contributed by atoms with van der Waals surface area (Å²) in [6, 6.07) is 5.75. The minimum atomic E-state index is -0.0302. The van der Waals surface area contributed by atoms with Gasteiger partial charge in [-0.25, -0.2) is 0 Å². The fraction of sp³-hybridized carbons (Fsp3) is 0.500. The first-order valence-corrected chi connectivity index (χ1v) is 6.70. The minimum Gasteiger partial charge on any atom is -0.379 e. The van der Waals surface area contributed by atoms with E-state index in [0.29, 0.717) is 5.56 Å². The van der Waals surface area contributed by atoms with Crippen molar-refractivity contribution in [2.24, 2.45) is 0 Å². The lowest BCUT2D eigenvalue weighted by Crippen LogP contribution is -2.40. The number of ether oxygens (including phenoxy) is 1. The monoisotopic (exact) mass is 265 g/mol. The van der Waals surface area contributed by atoms with Gasteiger partial charge in [-0.1, -0.05) is 6.07 Å². The van der Waals surface area contributed by atoms with Gasteiger partial charge in [-0.2, -0.15) is 0 Å². The van der Waals surface area contributed by atoms with Crippen LogP contribution in [0.1, 0.15) is 35.2 Å². The number of rotatable bonds is 3. The van der Waals surface area contributed by atoms with Crippen molar-refractivity contribution >= 4 is 18.5 Å². The molecule has 18 heavy (non-hydrogen) atoms. The summed E-state index contributed by atoms with van der Waals surface area (Å²) in [4.78, 5) is 13.0. The van der Waals surface area contributed by atoms with Crippen molar-refractivity contribution in [3.63, 3.8) is 0 Å². The second-order valence-corrected chi connectivity index (χ2v) is 5.30. The highest BCUT2D eigenvalue weighted by atomic mass is 32.1. The Balaban J connectivity index is 2.09. The standard InChI is InChI=1S/C14H19NO2S/c1-9-6-7-10(18)8-11(9)14(16)15-12-4-3-5-13(12)17-2/h6-8,12-13,18H,3-5H2,1-2H3,(H,15,16). The van der Waals surface area contributed by atoms with Crippen LogP contribution in [0.25, 0.3) is 0 Å². The topological polar surface area (TPSA) is 38.3 Å². The van der Waals surface area contributed by atoms with Crippen molar-refractivity contribution in [1.82, 2.24) is 5.32 Å². The first-order valence-electron chi connectivity index (χ1n) is 6.25. The molecule has 98 valence electrons. The molecule has 0 heterocycles. The molecule has 0 aromatic heterocycles. The van der Waals surface area contributed by atoms with Gasteiger partial charge in [-0.05, 0) is 43.9 Å². The lowest BCUT2D eigenvalue weighted by molar-refractivity contribution is 0.0721. The molecule has 1 aliphatic carbocycles. The second-order valence-electron chi connectivity index (χ2n) is 4.78. The predicted octanol–water partition coefficient (Wildman–Crippen LogP) is 2.58. The Morgan fingerprint density at radius 3 is 2.94 bits per heavy atom. The molecular weight excluding hydrogens is 246 g/mol. The zero-order valence-electron chi connectivity index (χ0n) is 10.8. The lowest BCUT2D eigenvalue weighted by atomic mass is 10.1. The molecule has 1 aliphatic rings. The second kappa shape index (κ2) is 5.76. The van der Waals surface area contributed by atoms with Crippen LogP contribution in [0, 0.1) is 6.92 Å². The molecule has 0 saturated heterocycles. The van der Waals surface area contributed by atoms with Gasteiger partial charge in [0.1, 0.15) is 0 Å². The Hall–Kier alpha value is -1.00. The van der Waals surface area contributed by atoms with E-state index in [2.05, 4.69) is 17.9 Å². The van der Waals surface area contributed by atoms with E-state index in [0.717, 1.165) is 29.7 Å². The summed E-state index contributed by atoms with van der Waals surface area (Å²) < 4.78 is 5.38. The number of nitrogens with one attached hydrogen (secondary N) is 1. The number of aryl methyl sites for hydroxylation is 1. The van der Waals surface area contributed by atoms with E-state index in [-0.39, 0.29) is 18.1 Å². The smallest absolute Gasteiger partial charge is 0.251 e. The largest absolute Gasteiger partial charge is 0.379 e. The average molecular weight is 265 g/mol. The van der Waals surface area contributed by atoms with Gasteiger partial charge >= 0.3 is 0 Å².